The van der Waals surface area contributed by atoms with E-state index in [-0.39, 0.29) is 11.9 Å². The summed E-state index contributed by atoms with van der Waals surface area (Å²) in [6.07, 6.45) is 5.22. The first-order valence-electron chi connectivity index (χ1n) is 8.25. The van der Waals surface area contributed by atoms with Crippen LogP contribution in [-0.4, -0.2) is 31.3 Å². The first kappa shape index (κ1) is 15.8. The molecule has 0 saturated heterocycles. The molecule has 0 fully saturated rings. The van der Waals surface area contributed by atoms with Gasteiger partial charge in [0.15, 0.2) is 0 Å². The van der Waals surface area contributed by atoms with Crippen LogP contribution in [-0.2, 0) is 31.2 Å². The predicted octanol–water partition coefficient (Wildman–Crippen LogP) is 1.61. The summed E-state index contributed by atoms with van der Waals surface area (Å²) in [4.78, 5) is 16.8. The highest BCUT2D eigenvalue weighted by Gasteiger charge is 2.21. The van der Waals surface area contributed by atoms with Crippen LogP contribution in [0, 0.1) is 20.8 Å². The molecular weight excluding hydrogens is 290 g/mol. The second-order valence-electron chi connectivity index (χ2n) is 6.53. The summed E-state index contributed by atoms with van der Waals surface area (Å²) in [7, 11) is 1.94. The van der Waals surface area contributed by atoms with Gasteiger partial charge in [-0.1, -0.05) is 0 Å². The number of imidazole rings is 1. The number of carbonyl (C=O) groups excluding carboxylic acids is 1. The second kappa shape index (κ2) is 6.18. The lowest BCUT2D eigenvalue weighted by atomic mass is 10.1. The van der Waals surface area contributed by atoms with Crippen molar-refractivity contribution >= 4 is 5.91 Å². The van der Waals surface area contributed by atoms with Crippen molar-refractivity contribution in [3.8, 4) is 0 Å². The molecule has 124 valence electrons. The number of amides is 1. The number of hydrogen-bond acceptors (Lipinski definition) is 3. The second-order valence-corrected chi connectivity index (χ2v) is 6.53. The van der Waals surface area contributed by atoms with Crippen LogP contribution in [0.5, 0.6) is 0 Å². The maximum atomic E-state index is 12.3. The lowest BCUT2D eigenvalue weighted by Gasteiger charge is -2.24. The quantitative estimate of drug-likeness (QED) is 0.932. The number of nitrogens with zero attached hydrogens (tertiary/aromatic N) is 4. The van der Waals surface area contributed by atoms with Crippen LogP contribution in [0.3, 0.4) is 0 Å². The summed E-state index contributed by atoms with van der Waals surface area (Å²) in [5.74, 6) is 1.26. The fourth-order valence-corrected chi connectivity index (χ4v) is 3.42. The number of nitrogens with one attached hydrogen (secondary N) is 1. The zero-order chi connectivity index (χ0) is 16.6. The van der Waals surface area contributed by atoms with Crippen molar-refractivity contribution in [2.45, 2.75) is 59.0 Å². The van der Waals surface area contributed by atoms with E-state index in [2.05, 4.69) is 33.1 Å². The Balaban J connectivity index is 1.54. The van der Waals surface area contributed by atoms with Crippen molar-refractivity contribution < 1.29 is 4.79 Å². The summed E-state index contributed by atoms with van der Waals surface area (Å²) in [6, 6.07) is 0.208. The van der Waals surface area contributed by atoms with Crippen LogP contribution in [0.25, 0.3) is 0 Å². The molecule has 2 aromatic heterocycles. The summed E-state index contributed by atoms with van der Waals surface area (Å²) in [6.45, 7) is 6.89. The van der Waals surface area contributed by atoms with E-state index in [0.717, 1.165) is 48.7 Å². The molecule has 0 spiro atoms. The van der Waals surface area contributed by atoms with Gasteiger partial charge < -0.3 is 9.88 Å². The minimum atomic E-state index is 0.123. The third kappa shape index (κ3) is 3.30. The molecule has 0 saturated carbocycles. The maximum absolute atomic E-state index is 12.3. The normalized spacial score (nSPS) is 17.1. The Labute approximate surface area is 136 Å². The van der Waals surface area contributed by atoms with Gasteiger partial charge in [0, 0.05) is 44.4 Å². The zero-order valence-electron chi connectivity index (χ0n) is 14.4. The van der Waals surface area contributed by atoms with Crippen LogP contribution in [0.2, 0.25) is 0 Å². The minimum Gasteiger partial charge on any atom is -0.352 e. The van der Waals surface area contributed by atoms with Crippen LogP contribution >= 0.6 is 0 Å². The molecule has 0 aliphatic carbocycles. The first-order chi connectivity index (χ1) is 10.9. The lowest BCUT2D eigenvalue weighted by Crippen LogP contribution is -2.41. The molecule has 1 atom stereocenters. The van der Waals surface area contributed by atoms with Crippen molar-refractivity contribution in [1.82, 2.24) is 24.6 Å². The van der Waals surface area contributed by atoms with Crippen molar-refractivity contribution in [2.24, 2.45) is 7.05 Å². The molecule has 0 aromatic carbocycles. The van der Waals surface area contributed by atoms with Gasteiger partial charge in [0.2, 0.25) is 5.91 Å². The fourth-order valence-electron chi connectivity index (χ4n) is 3.42. The molecule has 3 rings (SSSR count). The summed E-state index contributed by atoms with van der Waals surface area (Å²) < 4.78 is 4.05. The number of hydrogen-bond donors (Lipinski definition) is 1. The van der Waals surface area contributed by atoms with Gasteiger partial charge in [-0.05, 0) is 39.2 Å². The van der Waals surface area contributed by atoms with Gasteiger partial charge in [-0.2, -0.15) is 5.10 Å². The molecule has 6 nitrogen and oxygen atoms in total. The molecule has 6 heteroatoms. The Bertz CT molecular complexity index is 728. The van der Waals surface area contributed by atoms with Crippen LogP contribution in [0.15, 0.2) is 6.20 Å². The van der Waals surface area contributed by atoms with Gasteiger partial charge in [0.1, 0.15) is 5.82 Å². The number of aryl methyl sites for hydroxylation is 4. The Morgan fingerprint density at radius 1 is 1.39 bits per heavy atom. The van der Waals surface area contributed by atoms with E-state index in [1.54, 1.807) is 0 Å². The van der Waals surface area contributed by atoms with E-state index in [9.17, 15) is 4.79 Å². The molecule has 1 amide bonds. The fraction of sp³-hybridized carbons (Fsp3) is 0.588. The lowest BCUT2D eigenvalue weighted by molar-refractivity contribution is -0.122. The van der Waals surface area contributed by atoms with E-state index < -0.39 is 0 Å². The van der Waals surface area contributed by atoms with Crippen molar-refractivity contribution in [2.75, 3.05) is 0 Å². The largest absolute Gasteiger partial charge is 0.352 e. The third-order valence-corrected chi connectivity index (χ3v) is 4.74. The summed E-state index contributed by atoms with van der Waals surface area (Å²) in [5.41, 5.74) is 4.41. The van der Waals surface area contributed by atoms with E-state index in [1.165, 1.54) is 5.56 Å². The summed E-state index contributed by atoms with van der Waals surface area (Å²) >= 11 is 0. The Morgan fingerprint density at radius 3 is 2.87 bits per heavy atom. The highest BCUT2D eigenvalue weighted by molar-refractivity contribution is 5.76. The molecule has 3 heterocycles. The number of carbonyl (C=O) groups is 1. The van der Waals surface area contributed by atoms with Crippen LogP contribution < -0.4 is 5.32 Å². The molecule has 2 aromatic rings. The molecule has 0 bridgehead atoms. The van der Waals surface area contributed by atoms with Gasteiger partial charge in [-0.15, -0.1) is 0 Å². The number of fused-ring (bicyclic) bond motifs is 1. The monoisotopic (exact) mass is 315 g/mol. The summed E-state index contributed by atoms with van der Waals surface area (Å²) in [5, 5.41) is 7.58. The molecule has 1 N–H and O–H groups in total. The van der Waals surface area contributed by atoms with Crippen LogP contribution in [0.4, 0.5) is 0 Å². The average Bonchev–Trinajstić information content (AvgIpc) is 2.96. The molecule has 1 aliphatic rings. The Kier molecular flexibility index (Phi) is 4.24. The van der Waals surface area contributed by atoms with Crippen molar-refractivity contribution in [3.05, 3.63) is 34.7 Å². The van der Waals surface area contributed by atoms with E-state index >= 15 is 0 Å². The number of rotatable bonds is 4. The van der Waals surface area contributed by atoms with Crippen molar-refractivity contribution in [1.29, 1.82) is 0 Å². The SMILES string of the molecule is Cc1cn2c(n1)CCC(NC(=O)CCc1c(C)nn(C)c1C)C2. The molecule has 0 radical (unpaired) electrons. The molecule has 1 aliphatic heterocycles. The standard InChI is InChI=1S/C17H25N5O/c1-11-9-22-10-14(5-7-16(22)18-11)19-17(23)8-6-15-12(2)20-21(4)13(15)3/h9,14H,5-8,10H2,1-4H3,(H,19,23). The maximum Gasteiger partial charge on any atom is 0.220 e. The van der Waals surface area contributed by atoms with Gasteiger partial charge in [0.25, 0.3) is 0 Å². The molecular formula is C17H25N5O. The smallest absolute Gasteiger partial charge is 0.220 e. The topological polar surface area (TPSA) is 64.7 Å². The van der Waals surface area contributed by atoms with Gasteiger partial charge >= 0.3 is 0 Å². The van der Waals surface area contributed by atoms with Gasteiger partial charge in [0.05, 0.1) is 11.4 Å². The van der Waals surface area contributed by atoms with Gasteiger partial charge in [-0.3, -0.25) is 9.48 Å². The minimum absolute atomic E-state index is 0.123. The molecule has 1 unspecified atom stereocenters. The zero-order valence-corrected chi connectivity index (χ0v) is 14.4. The first-order valence-corrected chi connectivity index (χ1v) is 8.25. The predicted molar refractivity (Wildman–Crippen MR) is 88.2 cm³/mol. The van der Waals surface area contributed by atoms with E-state index in [0.29, 0.717) is 6.42 Å². The van der Waals surface area contributed by atoms with Crippen molar-refractivity contribution in [3.63, 3.8) is 0 Å². The van der Waals surface area contributed by atoms with Gasteiger partial charge in [-0.25, -0.2) is 4.98 Å². The highest BCUT2D eigenvalue weighted by atomic mass is 16.1. The Morgan fingerprint density at radius 2 is 2.17 bits per heavy atom. The molecule has 23 heavy (non-hydrogen) atoms. The van der Waals surface area contributed by atoms with E-state index in [1.807, 2.05) is 25.6 Å². The van der Waals surface area contributed by atoms with Crippen LogP contribution in [0.1, 0.15) is 41.3 Å². The Hall–Kier alpha value is -2.11. The third-order valence-electron chi connectivity index (χ3n) is 4.74. The average molecular weight is 315 g/mol. The van der Waals surface area contributed by atoms with E-state index in [4.69, 9.17) is 0 Å². The highest BCUT2D eigenvalue weighted by Crippen LogP contribution is 2.16. The number of aromatic nitrogens is 4.